The number of nitrogens with zero attached hydrogens (tertiary/aromatic N) is 1. The third kappa shape index (κ3) is 4.32. The predicted octanol–water partition coefficient (Wildman–Crippen LogP) is 2.45. The van der Waals surface area contributed by atoms with Gasteiger partial charge >= 0.3 is 0 Å². The van der Waals surface area contributed by atoms with Gasteiger partial charge in [-0.3, -0.25) is 9.59 Å². The summed E-state index contributed by atoms with van der Waals surface area (Å²) in [6.45, 7) is 3.09. The number of nitrogens with two attached hydrogens (primary N) is 1. The Morgan fingerprint density at radius 2 is 2.21 bits per heavy atom. The smallest absolute Gasteiger partial charge is 0.257 e. The highest BCUT2D eigenvalue weighted by Crippen LogP contribution is 2.30. The van der Waals surface area contributed by atoms with Crippen LogP contribution in [0, 0.1) is 0 Å². The fourth-order valence-electron chi connectivity index (χ4n) is 2.88. The first-order valence-electron chi connectivity index (χ1n) is 8.17. The largest absolute Gasteiger partial charge is 0.496 e. The minimum absolute atomic E-state index is 0.0167. The number of nitrogen functional groups attached to an aromatic ring is 1. The lowest BCUT2D eigenvalue weighted by Gasteiger charge is -2.33. The Morgan fingerprint density at radius 3 is 2.88 bits per heavy atom. The van der Waals surface area contributed by atoms with Crippen molar-refractivity contribution < 1.29 is 14.3 Å². The predicted molar refractivity (Wildman–Crippen MR) is 94.4 cm³/mol. The number of hydrogen-bond donors (Lipinski definition) is 2. The zero-order chi connectivity index (χ0) is 17.7. The molecule has 1 aliphatic rings. The molecule has 0 bridgehead atoms. The van der Waals surface area contributed by atoms with E-state index in [-0.39, 0.29) is 17.9 Å². The lowest BCUT2D eigenvalue weighted by Crippen LogP contribution is -2.49. The van der Waals surface area contributed by atoms with Crippen molar-refractivity contribution in [3.63, 3.8) is 0 Å². The molecule has 0 aromatic heterocycles. The number of anilines is 1. The molecule has 0 aliphatic carbocycles. The minimum atomic E-state index is -0.164. The van der Waals surface area contributed by atoms with E-state index in [1.807, 2.05) is 6.92 Å². The zero-order valence-electron chi connectivity index (χ0n) is 14.1. The molecule has 1 fully saturated rings. The summed E-state index contributed by atoms with van der Waals surface area (Å²) in [7, 11) is 1.49. The summed E-state index contributed by atoms with van der Waals surface area (Å²) >= 11 is 6.05. The van der Waals surface area contributed by atoms with Gasteiger partial charge in [0.25, 0.3) is 5.91 Å². The molecular formula is C17H24ClN3O3. The van der Waals surface area contributed by atoms with Gasteiger partial charge in [0, 0.05) is 31.6 Å². The van der Waals surface area contributed by atoms with E-state index in [0.29, 0.717) is 41.5 Å². The molecule has 1 unspecified atom stereocenters. The molecule has 2 amide bonds. The number of halogens is 1. The lowest BCUT2D eigenvalue weighted by atomic mass is 10.0. The fourth-order valence-corrected chi connectivity index (χ4v) is 3.05. The van der Waals surface area contributed by atoms with Gasteiger partial charge in [0.05, 0.1) is 23.4 Å². The Bertz CT molecular complexity index is 621. The van der Waals surface area contributed by atoms with E-state index in [1.54, 1.807) is 11.0 Å². The molecule has 2 rings (SSSR count). The molecule has 132 valence electrons. The molecule has 1 atom stereocenters. The number of hydrogen-bond acceptors (Lipinski definition) is 4. The summed E-state index contributed by atoms with van der Waals surface area (Å²) in [6.07, 6.45) is 3.03. The maximum Gasteiger partial charge on any atom is 0.257 e. The fraction of sp³-hybridized carbons (Fsp3) is 0.529. The maximum atomic E-state index is 12.8. The van der Waals surface area contributed by atoms with Crippen molar-refractivity contribution in [2.45, 2.75) is 38.6 Å². The van der Waals surface area contributed by atoms with Crippen LogP contribution in [0.15, 0.2) is 12.1 Å². The van der Waals surface area contributed by atoms with Gasteiger partial charge in [-0.15, -0.1) is 0 Å². The monoisotopic (exact) mass is 353 g/mol. The Kier molecular flexibility index (Phi) is 6.31. The molecule has 1 saturated heterocycles. The Hall–Kier alpha value is -1.95. The highest BCUT2D eigenvalue weighted by atomic mass is 35.5. The third-order valence-corrected chi connectivity index (χ3v) is 4.43. The average molecular weight is 354 g/mol. The number of benzene rings is 1. The zero-order valence-corrected chi connectivity index (χ0v) is 14.9. The second kappa shape index (κ2) is 8.24. The van der Waals surface area contributed by atoms with Crippen molar-refractivity contribution in [2.24, 2.45) is 0 Å². The maximum absolute atomic E-state index is 12.8. The van der Waals surface area contributed by atoms with Crippen LogP contribution in [0.1, 0.15) is 43.0 Å². The Labute approximate surface area is 147 Å². The van der Waals surface area contributed by atoms with E-state index >= 15 is 0 Å². The van der Waals surface area contributed by atoms with Crippen LogP contribution in [0.5, 0.6) is 5.75 Å². The third-order valence-electron chi connectivity index (χ3n) is 4.10. The van der Waals surface area contributed by atoms with E-state index in [0.717, 1.165) is 19.3 Å². The van der Waals surface area contributed by atoms with Crippen LogP contribution in [0.3, 0.4) is 0 Å². The summed E-state index contributed by atoms with van der Waals surface area (Å²) in [5.41, 5.74) is 6.52. The topological polar surface area (TPSA) is 84.7 Å². The van der Waals surface area contributed by atoms with Gasteiger partial charge in [0.1, 0.15) is 5.75 Å². The first-order chi connectivity index (χ1) is 11.5. The number of nitrogens with one attached hydrogen (secondary N) is 1. The highest BCUT2D eigenvalue weighted by molar-refractivity contribution is 6.33. The van der Waals surface area contributed by atoms with Crippen molar-refractivity contribution in [3.05, 3.63) is 22.7 Å². The molecule has 1 aromatic rings. The van der Waals surface area contributed by atoms with Gasteiger partial charge in [-0.05, 0) is 25.3 Å². The van der Waals surface area contributed by atoms with Gasteiger partial charge in [-0.1, -0.05) is 18.5 Å². The summed E-state index contributed by atoms with van der Waals surface area (Å²) in [5, 5.41) is 3.32. The molecule has 7 heteroatoms. The van der Waals surface area contributed by atoms with Crippen molar-refractivity contribution in [3.8, 4) is 5.75 Å². The first-order valence-corrected chi connectivity index (χ1v) is 8.55. The number of likely N-dealkylation sites (tertiary alicyclic amines) is 1. The summed E-state index contributed by atoms with van der Waals surface area (Å²) in [4.78, 5) is 26.3. The number of ether oxygens (including phenoxy) is 1. The van der Waals surface area contributed by atoms with Crippen LogP contribution in [0.4, 0.5) is 5.69 Å². The van der Waals surface area contributed by atoms with Crippen LogP contribution in [-0.4, -0.2) is 43.0 Å². The molecule has 0 saturated carbocycles. The molecule has 0 spiro atoms. The summed E-state index contributed by atoms with van der Waals surface area (Å²) in [5.74, 6) is 0.271. The van der Waals surface area contributed by atoms with E-state index in [2.05, 4.69) is 5.32 Å². The van der Waals surface area contributed by atoms with Crippen molar-refractivity contribution in [1.29, 1.82) is 0 Å². The van der Waals surface area contributed by atoms with Crippen LogP contribution in [-0.2, 0) is 4.79 Å². The van der Waals surface area contributed by atoms with Gasteiger partial charge in [-0.2, -0.15) is 0 Å². The molecule has 24 heavy (non-hydrogen) atoms. The quantitative estimate of drug-likeness (QED) is 0.796. The van der Waals surface area contributed by atoms with Gasteiger partial charge in [0.15, 0.2) is 0 Å². The van der Waals surface area contributed by atoms with Gasteiger partial charge < -0.3 is 20.7 Å². The molecule has 1 aromatic carbocycles. The van der Waals surface area contributed by atoms with Gasteiger partial charge in [0.2, 0.25) is 5.91 Å². The lowest BCUT2D eigenvalue weighted by molar-refractivity contribution is -0.122. The number of amides is 2. The standard InChI is InChI=1S/C17H24ClN3O3/c1-3-5-16(22)20-11-6-4-7-21(10-11)17(23)12-8-13(18)14(19)9-15(12)24-2/h8-9,11H,3-7,10,19H2,1-2H3,(H,20,22). The number of rotatable bonds is 5. The second-order valence-corrected chi connectivity index (χ2v) is 6.39. The number of carbonyl (C=O) groups excluding carboxylic acids is 2. The summed E-state index contributed by atoms with van der Waals surface area (Å²) < 4.78 is 5.26. The van der Waals surface area contributed by atoms with Crippen LogP contribution >= 0.6 is 11.6 Å². The van der Waals surface area contributed by atoms with E-state index in [1.165, 1.54) is 13.2 Å². The van der Waals surface area contributed by atoms with E-state index in [9.17, 15) is 9.59 Å². The van der Waals surface area contributed by atoms with Gasteiger partial charge in [-0.25, -0.2) is 0 Å². The van der Waals surface area contributed by atoms with E-state index < -0.39 is 0 Å². The molecular weight excluding hydrogens is 330 g/mol. The number of piperidine rings is 1. The van der Waals surface area contributed by atoms with Crippen LogP contribution in [0.25, 0.3) is 0 Å². The number of methoxy groups -OCH3 is 1. The van der Waals surface area contributed by atoms with Crippen molar-refractivity contribution in [2.75, 3.05) is 25.9 Å². The molecule has 1 heterocycles. The van der Waals surface area contributed by atoms with Crippen LogP contribution in [0.2, 0.25) is 5.02 Å². The van der Waals surface area contributed by atoms with Crippen LogP contribution < -0.4 is 15.8 Å². The summed E-state index contributed by atoms with van der Waals surface area (Å²) in [6, 6.07) is 3.08. The number of carbonyl (C=O) groups is 2. The average Bonchev–Trinajstić information content (AvgIpc) is 2.56. The molecule has 3 N–H and O–H groups in total. The molecule has 1 aliphatic heterocycles. The minimum Gasteiger partial charge on any atom is -0.496 e. The first kappa shape index (κ1) is 18.4. The highest BCUT2D eigenvalue weighted by Gasteiger charge is 2.27. The normalized spacial score (nSPS) is 17.5. The SMILES string of the molecule is CCCC(=O)NC1CCCN(C(=O)c2cc(Cl)c(N)cc2OC)C1. The van der Waals surface area contributed by atoms with E-state index in [4.69, 9.17) is 22.1 Å². The molecule has 6 nitrogen and oxygen atoms in total. The Morgan fingerprint density at radius 1 is 1.46 bits per heavy atom. The second-order valence-electron chi connectivity index (χ2n) is 5.98. The van der Waals surface area contributed by atoms with Crippen molar-refractivity contribution >= 4 is 29.1 Å². The Balaban J connectivity index is 2.12. The molecule has 0 radical (unpaired) electrons. The van der Waals surface area contributed by atoms with Crippen molar-refractivity contribution in [1.82, 2.24) is 10.2 Å².